The maximum Gasteiger partial charge on any atom is 0.254 e. The van der Waals surface area contributed by atoms with E-state index in [0.29, 0.717) is 31.7 Å². The van der Waals surface area contributed by atoms with Crippen LogP contribution in [0.2, 0.25) is 0 Å². The lowest BCUT2D eigenvalue weighted by Crippen LogP contribution is -2.51. The van der Waals surface area contributed by atoms with Gasteiger partial charge in [-0.05, 0) is 48.7 Å². The Morgan fingerprint density at radius 1 is 0.765 bits per heavy atom. The van der Waals surface area contributed by atoms with Crippen molar-refractivity contribution in [3.63, 3.8) is 0 Å². The SMILES string of the molecule is O=C(Cc1ccc(S(=O)(=O)N2CCCCC2)cc1)N1CCN(C(=O)c2ccc(F)c(F)c2)CC1. The van der Waals surface area contributed by atoms with Gasteiger partial charge in [-0.15, -0.1) is 0 Å². The summed E-state index contributed by atoms with van der Waals surface area (Å²) < 4.78 is 53.6. The smallest absolute Gasteiger partial charge is 0.254 e. The Morgan fingerprint density at radius 2 is 1.38 bits per heavy atom. The molecule has 0 bridgehead atoms. The Bertz CT molecular complexity index is 1160. The van der Waals surface area contributed by atoms with Crippen LogP contribution in [0.1, 0.15) is 35.2 Å². The second-order valence-corrected chi connectivity index (χ2v) is 10.5. The minimum Gasteiger partial charge on any atom is -0.339 e. The van der Waals surface area contributed by atoms with Crippen LogP contribution in [0.15, 0.2) is 47.4 Å². The van der Waals surface area contributed by atoms with Gasteiger partial charge in [-0.25, -0.2) is 17.2 Å². The van der Waals surface area contributed by atoms with Crippen LogP contribution < -0.4 is 0 Å². The van der Waals surface area contributed by atoms with Crippen LogP contribution in [0, 0.1) is 11.6 Å². The summed E-state index contributed by atoms with van der Waals surface area (Å²) in [5.74, 6) is -2.61. The van der Waals surface area contributed by atoms with Crippen molar-refractivity contribution >= 4 is 21.8 Å². The van der Waals surface area contributed by atoms with Crippen LogP contribution in [0.5, 0.6) is 0 Å². The number of sulfonamides is 1. The van der Waals surface area contributed by atoms with Gasteiger partial charge in [0.25, 0.3) is 5.91 Å². The molecule has 2 saturated heterocycles. The average molecular weight is 492 g/mol. The fraction of sp³-hybridized carbons (Fsp3) is 0.417. The van der Waals surface area contributed by atoms with Crippen molar-refractivity contribution in [1.82, 2.24) is 14.1 Å². The van der Waals surface area contributed by atoms with E-state index in [-0.39, 0.29) is 35.9 Å². The highest BCUT2D eigenvalue weighted by atomic mass is 32.2. The van der Waals surface area contributed by atoms with E-state index in [1.54, 1.807) is 29.2 Å². The van der Waals surface area contributed by atoms with E-state index < -0.39 is 27.6 Å². The molecule has 2 aliphatic rings. The predicted molar refractivity (Wildman–Crippen MR) is 122 cm³/mol. The third-order valence-corrected chi connectivity index (χ3v) is 8.23. The molecule has 0 atom stereocenters. The molecule has 2 aromatic carbocycles. The topological polar surface area (TPSA) is 78.0 Å². The number of carbonyl (C=O) groups is 2. The Labute approximate surface area is 198 Å². The molecule has 0 unspecified atom stereocenters. The standard InChI is InChI=1S/C24H27F2N3O4S/c25-21-9-6-19(17-22(21)26)24(31)28-14-12-27(13-15-28)23(30)16-18-4-7-20(8-5-18)34(32,33)29-10-2-1-3-11-29/h4-9,17H,1-3,10-16H2. The molecular formula is C24H27F2N3O4S. The van der Waals surface area contributed by atoms with Gasteiger partial charge in [-0.2, -0.15) is 4.31 Å². The average Bonchev–Trinajstić information content (AvgIpc) is 2.86. The molecule has 0 saturated carbocycles. The molecule has 0 N–H and O–H groups in total. The van der Waals surface area contributed by atoms with Gasteiger partial charge in [0, 0.05) is 44.8 Å². The van der Waals surface area contributed by atoms with Gasteiger partial charge < -0.3 is 9.80 Å². The van der Waals surface area contributed by atoms with E-state index in [9.17, 15) is 26.8 Å². The van der Waals surface area contributed by atoms with Crippen LogP contribution >= 0.6 is 0 Å². The number of carbonyl (C=O) groups excluding carboxylic acids is 2. The van der Waals surface area contributed by atoms with Crippen LogP contribution in [-0.4, -0.2) is 73.6 Å². The van der Waals surface area contributed by atoms with Crippen LogP contribution in [-0.2, 0) is 21.2 Å². The molecule has 0 spiro atoms. The molecule has 2 heterocycles. The highest BCUT2D eigenvalue weighted by Crippen LogP contribution is 2.21. The zero-order valence-electron chi connectivity index (χ0n) is 18.8. The van der Waals surface area contributed by atoms with Gasteiger partial charge in [0.05, 0.1) is 11.3 Å². The fourth-order valence-electron chi connectivity index (χ4n) is 4.29. The number of nitrogens with zero attached hydrogens (tertiary/aromatic N) is 3. The first-order chi connectivity index (χ1) is 16.3. The summed E-state index contributed by atoms with van der Waals surface area (Å²) >= 11 is 0. The van der Waals surface area contributed by atoms with Gasteiger partial charge in [-0.3, -0.25) is 9.59 Å². The summed E-state index contributed by atoms with van der Waals surface area (Å²) in [5.41, 5.74) is 0.779. The molecule has 2 amide bonds. The lowest BCUT2D eigenvalue weighted by atomic mass is 10.1. The summed E-state index contributed by atoms with van der Waals surface area (Å²) in [5, 5.41) is 0. The van der Waals surface area contributed by atoms with Crippen molar-refractivity contribution in [2.24, 2.45) is 0 Å². The molecule has 7 nitrogen and oxygen atoms in total. The molecule has 2 aromatic rings. The van der Waals surface area contributed by atoms with E-state index in [2.05, 4.69) is 0 Å². The van der Waals surface area contributed by atoms with Gasteiger partial charge in [0.2, 0.25) is 15.9 Å². The van der Waals surface area contributed by atoms with Crippen molar-refractivity contribution in [1.29, 1.82) is 0 Å². The van der Waals surface area contributed by atoms with Crippen molar-refractivity contribution in [3.8, 4) is 0 Å². The van der Waals surface area contributed by atoms with Gasteiger partial charge >= 0.3 is 0 Å². The molecule has 0 aromatic heterocycles. The number of hydrogen-bond acceptors (Lipinski definition) is 4. The molecule has 182 valence electrons. The van der Waals surface area contributed by atoms with Crippen LogP contribution in [0.3, 0.4) is 0 Å². The van der Waals surface area contributed by atoms with Crippen molar-refractivity contribution in [2.45, 2.75) is 30.6 Å². The lowest BCUT2D eigenvalue weighted by Gasteiger charge is -2.35. The molecule has 2 fully saturated rings. The third kappa shape index (κ3) is 5.28. The Balaban J connectivity index is 1.31. The Kier molecular flexibility index (Phi) is 7.27. The number of rotatable bonds is 5. The Hall–Kier alpha value is -2.85. The quantitative estimate of drug-likeness (QED) is 0.645. The molecule has 10 heteroatoms. The van der Waals surface area contributed by atoms with Crippen molar-refractivity contribution in [3.05, 3.63) is 65.2 Å². The predicted octanol–water partition coefficient (Wildman–Crippen LogP) is 2.67. The summed E-state index contributed by atoms with van der Waals surface area (Å²) in [7, 11) is -3.51. The molecule has 0 radical (unpaired) electrons. The minimum absolute atomic E-state index is 0.0678. The zero-order chi connectivity index (χ0) is 24.3. The highest BCUT2D eigenvalue weighted by Gasteiger charge is 2.27. The highest BCUT2D eigenvalue weighted by molar-refractivity contribution is 7.89. The maximum atomic E-state index is 13.4. The molecule has 4 rings (SSSR count). The largest absolute Gasteiger partial charge is 0.339 e. The van der Waals surface area contributed by atoms with E-state index in [0.717, 1.165) is 31.4 Å². The second-order valence-electron chi connectivity index (χ2n) is 8.59. The summed E-state index contributed by atoms with van der Waals surface area (Å²) in [6.45, 7) is 2.30. The lowest BCUT2D eigenvalue weighted by molar-refractivity contribution is -0.131. The van der Waals surface area contributed by atoms with E-state index in [1.165, 1.54) is 15.3 Å². The molecular weight excluding hydrogens is 464 g/mol. The van der Waals surface area contributed by atoms with Gasteiger partial charge in [0.1, 0.15) is 0 Å². The van der Waals surface area contributed by atoms with Crippen molar-refractivity contribution in [2.75, 3.05) is 39.3 Å². The zero-order valence-corrected chi connectivity index (χ0v) is 19.6. The normalized spacial score (nSPS) is 17.6. The van der Waals surface area contributed by atoms with E-state index in [1.807, 2.05) is 0 Å². The first-order valence-electron chi connectivity index (χ1n) is 11.4. The summed E-state index contributed by atoms with van der Waals surface area (Å²) in [6, 6.07) is 9.47. The summed E-state index contributed by atoms with van der Waals surface area (Å²) in [4.78, 5) is 28.7. The summed E-state index contributed by atoms with van der Waals surface area (Å²) in [6.07, 6.45) is 2.90. The fourth-order valence-corrected chi connectivity index (χ4v) is 5.81. The third-order valence-electron chi connectivity index (χ3n) is 6.32. The number of benzene rings is 2. The molecule has 2 aliphatic heterocycles. The number of piperidine rings is 1. The monoisotopic (exact) mass is 491 g/mol. The van der Waals surface area contributed by atoms with Crippen molar-refractivity contribution < 1.29 is 26.8 Å². The maximum absolute atomic E-state index is 13.4. The van der Waals surface area contributed by atoms with E-state index in [4.69, 9.17) is 0 Å². The number of amides is 2. The number of hydrogen-bond donors (Lipinski definition) is 0. The first-order valence-corrected chi connectivity index (χ1v) is 12.8. The Morgan fingerprint density at radius 3 is 2.00 bits per heavy atom. The van der Waals surface area contributed by atoms with Crippen LogP contribution in [0.25, 0.3) is 0 Å². The van der Waals surface area contributed by atoms with Gasteiger partial charge in [-0.1, -0.05) is 18.6 Å². The molecule has 34 heavy (non-hydrogen) atoms. The van der Waals surface area contributed by atoms with Gasteiger partial charge in [0.15, 0.2) is 11.6 Å². The molecule has 0 aliphatic carbocycles. The van der Waals surface area contributed by atoms with Crippen LogP contribution in [0.4, 0.5) is 8.78 Å². The second kappa shape index (κ2) is 10.2. The number of piperazine rings is 1. The minimum atomic E-state index is -3.51. The number of halogens is 2. The van der Waals surface area contributed by atoms with E-state index >= 15 is 0 Å². The first kappa shape index (κ1) is 24.3.